The predicted molar refractivity (Wildman–Crippen MR) is 68.4 cm³/mol. The summed E-state index contributed by atoms with van der Waals surface area (Å²) in [4.78, 5) is 13.9. The van der Waals surface area contributed by atoms with Crippen molar-refractivity contribution in [3.63, 3.8) is 0 Å². The van der Waals surface area contributed by atoms with Crippen molar-refractivity contribution in [1.82, 2.24) is 15.1 Å². The lowest BCUT2D eigenvalue weighted by Gasteiger charge is -2.29. The van der Waals surface area contributed by atoms with Gasteiger partial charge in [0.1, 0.15) is 0 Å². The summed E-state index contributed by atoms with van der Waals surface area (Å²) >= 11 is 0. The zero-order valence-electron chi connectivity index (χ0n) is 10.9. The summed E-state index contributed by atoms with van der Waals surface area (Å²) in [6, 6.07) is 0. The second-order valence-corrected chi connectivity index (χ2v) is 4.89. The number of nitrogens with zero attached hydrogens (tertiary/aromatic N) is 2. The Hall–Kier alpha value is -1.40. The van der Waals surface area contributed by atoms with E-state index in [1.807, 2.05) is 18.7 Å². The minimum absolute atomic E-state index is 0.0586. The Morgan fingerprint density at radius 2 is 2.39 bits per heavy atom. The molecule has 2 heterocycles. The van der Waals surface area contributed by atoms with E-state index in [1.165, 1.54) is 0 Å². The van der Waals surface area contributed by atoms with Gasteiger partial charge in [-0.2, -0.15) is 5.10 Å². The molecule has 1 atom stereocenters. The van der Waals surface area contributed by atoms with Gasteiger partial charge in [0, 0.05) is 6.54 Å². The van der Waals surface area contributed by atoms with Gasteiger partial charge < -0.3 is 10.4 Å². The number of nitrogens with one attached hydrogen (secondary N) is 2. The largest absolute Gasteiger partial charge is 0.392 e. The minimum Gasteiger partial charge on any atom is -0.392 e. The molecule has 1 aromatic heterocycles. The number of H-pyrrole nitrogens is 1. The topological polar surface area (TPSA) is 81.2 Å². The minimum atomic E-state index is -0.302. The van der Waals surface area contributed by atoms with Gasteiger partial charge in [-0.3, -0.25) is 14.8 Å². The molecule has 1 saturated heterocycles. The summed E-state index contributed by atoms with van der Waals surface area (Å²) < 4.78 is 0. The quantitative estimate of drug-likeness (QED) is 0.728. The monoisotopic (exact) mass is 252 g/mol. The van der Waals surface area contributed by atoms with Crippen LogP contribution in [0.5, 0.6) is 0 Å². The Bertz CT molecular complexity index is 410. The number of aromatic amines is 1. The molecule has 0 spiro atoms. The Morgan fingerprint density at radius 1 is 1.61 bits per heavy atom. The van der Waals surface area contributed by atoms with Gasteiger partial charge in [0.15, 0.2) is 0 Å². The van der Waals surface area contributed by atoms with E-state index in [0.29, 0.717) is 13.1 Å². The number of anilines is 1. The summed E-state index contributed by atoms with van der Waals surface area (Å²) in [6.07, 6.45) is 1.47. The Labute approximate surface area is 106 Å². The second-order valence-electron chi connectivity index (χ2n) is 4.89. The molecule has 1 amide bonds. The maximum atomic E-state index is 11.9. The summed E-state index contributed by atoms with van der Waals surface area (Å²) in [5.74, 6) is -0.0586. The fourth-order valence-corrected chi connectivity index (χ4v) is 2.29. The zero-order chi connectivity index (χ0) is 13.1. The van der Waals surface area contributed by atoms with Crippen LogP contribution in [0.1, 0.15) is 24.2 Å². The lowest BCUT2D eigenvalue weighted by molar-refractivity contribution is -0.118. The average Bonchev–Trinajstić information content (AvgIpc) is 2.61. The Balaban J connectivity index is 1.89. The zero-order valence-corrected chi connectivity index (χ0v) is 10.9. The summed E-state index contributed by atoms with van der Waals surface area (Å²) in [5.41, 5.74) is 2.41. The van der Waals surface area contributed by atoms with E-state index < -0.39 is 0 Å². The van der Waals surface area contributed by atoms with Crippen molar-refractivity contribution in [1.29, 1.82) is 0 Å². The van der Waals surface area contributed by atoms with E-state index in [4.69, 9.17) is 0 Å². The van der Waals surface area contributed by atoms with E-state index in [-0.39, 0.29) is 12.0 Å². The first-order chi connectivity index (χ1) is 8.56. The number of likely N-dealkylation sites (tertiary alicyclic amines) is 1. The van der Waals surface area contributed by atoms with Crippen LogP contribution in [-0.4, -0.2) is 51.8 Å². The molecule has 6 heteroatoms. The number of carbonyl (C=O) groups is 1. The van der Waals surface area contributed by atoms with Crippen LogP contribution in [0.3, 0.4) is 0 Å². The van der Waals surface area contributed by atoms with Crippen molar-refractivity contribution in [3.8, 4) is 0 Å². The molecule has 1 aromatic rings. The molecule has 0 aromatic carbocycles. The lowest BCUT2D eigenvalue weighted by Crippen LogP contribution is -2.42. The van der Waals surface area contributed by atoms with Gasteiger partial charge in [0.05, 0.1) is 29.7 Å². The first kappa shape index (κ1) is 13.0. The van der Waals surface area contributed by atoms with E-state index in [2.05, 4.69) is 15.5 Å². The van der Waals surface area contributed by atoms with Gasteiger partial charge in [0.2, 0.25) is 5.91 Å². The SMILES string of the molecule is Cc1n[nH]c(C)c1NC(=O)CN1CCCC(O)C1. The third-order valence-corrected chi connectivity index (χ3v) is 3.24. The third kappa shape index (κ3) is 3.08. The number of carbonyl (C=O) groups excluding carboxylic acids is 1. The Morgan fingerprint density at radius 3 is 3.00 bits per heavy atom. The van der Waals surface area contributed by atoms with Crippen molar-refractivity contribution < 1.29 is 9.90 Å². The summed E-state index contributed by atoms with van der Waals surface area (Å²) in [6.45, 7) is 5.50. The molecule has 0 saturated carbocycles. The molecule has 3 N–H and O–H groups in total. The molecule has 6 nitrogen and oxygen atoms in total. The summed E-state index contributed by atoms with van der Waals surface area (Å²) in [5, 5.41) is 19.3. The van der Waals surface area contributed by atoms with Crippen LogP contribution in [0.2, 0.25) is 0 Å². The van der Waals surface area contributed by atoms with Crippen molar-refractivity contribution >= 4 is 11.6 Å². The van der Waals surface area contributed by atoms with Crippen LogP contribution in [-0.2, 0) is 4.79 Å². The molecule has 0 aliphatic carbocycles. The van der Waals surface area contributed by atoms with Gasteiger partial charge in [-0.25, -0.2) is 0 Å². The molecule has 0 radical (unpaired) electrons. The van der Waals surface area contributed by atoms with E-state index in [9.17, 15) is 9.90 Å². The van der Waals surface area contributed by atoms with Crippen LogP contribution in [0.25, 0.3) is 0 Å². The molecule has 18 heavy (non-hydrogen) atoms. The van der Waals surface area contributed by atoms with E-state index in [0.717, 1.165) is 36.5 Å². The van der Waals surface area contributed by atoms with Gasteiger partial charge in [-0.1, -0.05) is 0 Å². The smallest absolute Gasteiger partial charge is 0.238 e. The molecule has 1 fully saturated rings. The number of rotatable bonds is 3. The van der Waals surface area contributed by atoms with Gasteiger partial charge in [-0.15, -0.1) is 0 Å². The molecule has 1 aliphatic heterocycles. The number of hydrogen-bond acceptors (Lipinski definition) is 4. The van der Waals surface area contributed by atoms with Crippen LogP contribution in [0.4, 0.5) is 5.69 Å². The summed E-state index contributed by atoms with van der Waals surface area (Å²) in [7, 11) is 0. The van der Waals surface area contributed by atoms with E-state index >= 15 is 0 Å². The van der Waals surface area contributed by atoms with Crippen LogP contribution in [0.15, 0.2) is 0 Å². The number of piperidine rings is 1. The number of amides is 1. The van der Waals surface area contributed by atoms with Crippen molar-refractivity contribution in [2.24, 2.45) is 0 Å². The number of aliphatic hydroxyl groups excluding tert-OH is 1. The van der Waals surface area contributed by atoms with Crippen molar-refractivity contribution in [3.05, 3.63) is 11.4 Å². The molecular weight excluding hydrogens is 232 g/mol. The molecular formula is C12H20N4O2. The number of aliphatic hydroxyl groups is 1. The number of β-amino-alcohol motifs (C(OH)–C–C–N with tert-alkyl or cyclic N) is 1. The first-order valence-corrected chi connectivity index (χ1v) is 6.28. The van der Waals surface area contributed by atoms with E-state index in [1.54, 1.807) is 0 Å². The fraction of sp³-hybridized carbons (Fsp3) is 0.667. The van der Waals surface area contributed by atoms with Gasteiger partial charge >= 0.3 is 0 Å². The first-order valence-electron chi connectivity index (χ1n) is 6.28. The standard InChI is InChI=1S/C12H20N4O2/c1-8-12(9(2)15-14-8)13-11(18)7-16-5-3-4-10(17)6-16/h10,17H,3-7H2,1-2H3,(H,13,18)(H,14,15). The van der Waals surface area contributed by atoms with Crippen LogP contribution >= 0.6 is 0 Å². The van der Waals surface area contributed by atoms with Crippen molar-refractivity contribution in [2.45, 2.75) is 32.8 Å². The van der Waals surface area contributed by atoms with Gasteiger partial charge in [0.25, 0.3) is 0 Å². The molecule has 100 valence electrons. The number of aromatic nitrogens is 2. The highest BCUT2D eigenvalue weighted by molar-refractivity contribution is 5.93. The number of hydrogen-bond donors (Lipinski definition) is 3. The lowest BCUT2D eigenvalue weighted by atomic mass is 10.1. The fourth-order valence-electron chi connectivity index (χ4n) is 2.29. The highest BCUT2D eigenvalue weighted by atomic mass is 16.3. The molecule has 1 aliphatic rings. The van der Waals surface area contributed by atoms with Crippen LogP contribution in [0, 0.1) is 13.8 Å². The third-order valence-electron chi connectivity index (χ3n) is 3.24. The van der Waals surface area contributed by atoms with Crippen molar-refractivity contribution in [2.75, 3.05) is 25.0 Å². The van der Waals surface area contributed by atoms with Crippen LogP contribution < -0.4 is 5.32 Å². The molecule has 1 unspecified atom stereocenters. The molecule has 2 rings (SSSR count). The maximum Gasteiger partial charge on any atom is 0.238 e. The predicted octanol–water partition coefficient (Wildman–Crippen LogP) is 0.422. The second kappa shape index (κ2) is 5.49. The highest BCUT2D eigenvalue weighted by Crippen LogP contribution is 2.16. The normalized spacial score (nSPS) is 20.9. The highest BCUT2D eigenvalue weighted by Gasteiger charge is 2.20. The Kier molecular flexibility index (Phi) is 3.98. The number of aryl methyl sites for hydroxylation is 2. The molecule has 0 bridgehead atoms. The van der Waals surface area contributed by atoms with Gasteiger partial charge in [-0.05, 0) is 33.2 Å². The average molecular weight is 252 g/mol. The maximum absolute atomic E-state index is 11.9.